The Bertz CT molecular complexity index is 4220. The van der Waals surface area contributed by atoms with Crippen LogP contribution in [0, 0.1) is 0 Å². The number of para-hydroxylation sites is 3. The average Bonchev–Trinajstić information content (AvgIpc) is 3.96. The van der Waals surface area contributed by atoms with E-state index in [2.05, 4.69) is 162 Å². The first-order valence-electron chi connectivity index (χ1n) is 20.1. The average molecular weight is 751 g/mol. The Morgan fingerprint density at radius 3 is 1.69 bits per heavy atom. The fourth-order valence-electron chi connectivity index (χ4n) is 10.5. The number of hydrogen-bond donors (Lipinski definition) is 0. The van der Waals surface area contributed by atoms with E-state index >= 15 is 0 Å². The first kappa shape index (κ1) is 31.2. The molecule has 10 aromatic carbocycles. The van der Waals surface area contributed by atoms with Gasteiger partial charge in [-0.15, -0.1) is 0 Å². The van der Waals surface area contributed by atoms with Gasteiger partial charge in [0.05, 0.1) is 27.5 Å². The van der Waals surface area contributed by atoms with Crippen molar-refractivity contribution in [2.24, 2.45) is 0 Å². The van der Waals surface area contributed by atoms with Crippen molar-refractivity contribution in [1.29, 1.82) is 0 Å². The van der Waals surface area contributed by atoms with E-state index < -0.39 is 0 Å². The van der Waals surface area contributed by atoms with E-state index in [-0.39, 0.29) is 5.56 Å². The van der Waals surface area contributed by atoms with Crippen LogP contribution in [0.25, 0.3) is 131 Å². The molecule has 0 saturated heterocycles. The highest BCUT2D eigenvalue weighted by molar-refractivity contribution is 6.27. The summed E-state index contributed by atoms with van der Waals surface area (Å²) < 4.78 is 10.9. The smallest absolute Gasteiger partial charge is 0.263 e. The summed E-state index contributed by atoms with van der Waals surface area (Å²) in [5.41, 5.74) is 9.37. The first-order chi connectivity index (χ1) is 29.2. The number of benzene rings is 10. The lowest BCUT2D eigenvalue weighted by Gasteiger charge is -2.15. The largest absolute Gasteiger partial charge is 0.455 e. The molecule has 14 rings (SSSR count). The number of rotatable bonds is 2. The normalized spacial score (nSPS) is 12.5. The predicted octanol–water partition coefficient (Wildman–Crippen LogP) is 14.3. The Balaban J connectivity index is 1.03. The molecule has 0 aliphatic rings. The van der Waals surface area contributed by atoms with Gasteiger partial charge in [-0.1, -0.05) is 121 Å². The third kappa shape index (κ3) is 4.00. The molecule has 0 atom stereocenters. The number of nitrogens with zero attached hydrogens (tertiary/aromatic N) is 2. The second-order valence-electron chi connectivity index (χ2n) is 15.9. The van der Waals surface area contributed by atoms with Gasteiger partial charge in [0, 0.05) is 43.4 Å². The molecule has 14 aromatic rings. The molecular formula is C55H30N2O2. The maximum Gasteiger partial charge on any atom is 0.263 e. The minimum absolute atomic E-state index is 0.0252. The van der Waals surface area contributed by atoms with Gasteiger partial charge >= 0.3 is 0 Å². The molecule has 4 heterocycles. The standard InChI is InChI=1S/C55H30N2O2/c58-55-43-14-4-3-12-36(43)40-16-9-17-41-47-29-32(21-26-49(47)57(55)53(40)41)31-20-23-37-34-10-1-2-11-35(34)38-24-22-33(30-46(38)45(37)28-31)56-48-18-7-5-15-44(48)52-50(56)27-25-42-39-13-6-8-19-51(39)59-54(42)52/h1-30H. The second kappa shape index (κ2) is 11.1. The van der Waals surface area contributed by atoms with Crippen molar-refractivity contribution in [2.75, 3.05) is 0 Å². The summed E-state index contributed by atoms with van der Waals surface area (Å²) in [5, 5.41) is 16.9. The van der Waals surface area contributed by atoms with Crippen LogP contribution < -0.4 is 5.56 Å². The van der Waals surface area contributed by atoms with E-state index in [0.29, 0.717) is 0 Å². The highest BCUT2D eigenvalue weighted by atomic mass is 16.3. The minimum atomic E-state index is 0.0252. The summed E-state index contributed by atoms with van der Waals surface area (Å²) in [4.78, 5) is 14.0. The van der Waals surface area contributed by atoms with Crippen molar-refractivity contribution in [3.63, 3.8) is 0 Å². The number of furan rings is 1. The van der Waals surface area contributed by atoms with Crippen LogP contribution in [0.1, 0.15) is 0 Å². The summed E-state index contributed by atoms with van der Waals surface area (Å²) in [7, 11) is 0. The Morgan fingerprint density at radius 2 is 0.898 bits per heavy atom. The molecule has 0 radical (unpaired) electrons. The maximum atomic E-state index is 14.0. The van der Waals surface area contributed by atoms with Crippen molar-refractivity contribution in [2.45, 2.75) is 0 Å². The van der Waals surface area contributed by atoms with Gasteiger partial charge < -0.3 is 8.98 Å². The van der Waals surface area contributed by atoms with Gasteiger partial charge in [0.25, 0.3) is 5.56 Å². The topological polar surface area (TPSA) is 39.5 Å². The van der Waals surface area contributed by atoms with E-state index in [4.69, 9.17) is 4.42 Å². The Hall–Kier alpha value is -7.95. The fourth-order valence-corrected chi connectivity index (χ4v) is 10.5. The molecule has 0 amide bonds. The fraction of sp³-hybridized carbons (Fsp3) is 0. The van der Waals surface area contributed by atoms with Gasteiger partial charge in [0.1, 0.15) is 11.2 Å². The minimum Gasteiger partial charge on any atom is -0.455 e. The van der Waals surface area contributed by atoms with Gasteiger partial charge in [0.15, 0.2) is 0 Å². The van der Waals surface area contributed by atoms with Crippen LogP contribution in [0.3, 0.4) is 0 Å². The number of aromatic nitrogens is 2. The molecule has 4 heteroatoms. The molecule has 0 N–H and O–H groups in total. The zero-order chi connectivity index (χ0) is 38.5. The van der Waals surface area contributed by atoms with Gasteiger partial charge in [0.2, 0.25) is 0 Å². The van der Waals surface area contributed by atoms with Crippen LogP contribution in [-0.2, 0) is 0 Å². The van der Waals surface area contributed by atoms with Crippen LogP contribution in [0.2, 0.25) is 0 Å². The highest BCUT2D eigenvalue weighted by Crippen LogP contribution is 2.43. The molecule has 0 aliphatic heterocycles. The van der Waals surface area contributed by atoms with E-state index in [1.165, 1.54) is 37.7 Å². The summed E-state index contributed by atoms with van der Waals surface area (Å²) in [6.07, 6.45) is 0. The van der Waals surface area contributed by atoms with Gasteiger partial charge in [-0.2, -0.15) is 0 Å². The van der Waals surface area contributed by atoms with E-state index in [9.17, 15) is 4.79 Å². The lowest BCUT2D eigenvalue weighted by atomic mass is 9.91. The summed E-state index contributed by atoms with van der Waals surface area (Å²) in [6.45, 7) is 0. The molecule has 4 aromatic heterocycles. The van der Waals surface area contributed by atoms with Crippen LogP contribution in [0.15, 0.2) is 191 Å². The summed E-state index contributed by atoms with van der Waals surface area (Å²) in [6, 6.07) is 65.0. The summed E-state index contributed by atoms with van der Waals surface area (Å²) >= 11 is 0. The van der Waals surface area contributed by atoms with E-state index in [1.54, 1.807) is 0 Å². The third-order valence-corrected chi connectivity index (χ3v) is 13.0. The molecule has 0 spiro atoms. The number of pyridine rings is 1. The summed E-state index contributed by atoms with van der Waals surface area (Å²) in [5.74, 6) is 0. The SMILES string of the molecule is O=c1c2ccccc2c2cccc3c4cc(-c5ccc6c7ccccc7c7ccc(-n8c9ccccc9c9c%10oc%11ccccc%11c%10ccc98)cc7c6c5)ccc4n1c23. The van der Waals surface area contributed by atoms with Crippen molar-refractivity contribution in [1.82, 2.24) is 8.97 Å². The van der Waals surface area contributed by atoms with Crippen LogP contribution >= 0.6 is 0 Å². The molecule has 0 unspecified atom stereocenters. The van der Waals surface area contributed by atoms with Crippen LogP contribution in [0.4, 0.5) is 0 Å². The first-order valence-corrected chi connectivity index (χ1v) is 20.1. The predicted molar refractivity (Wildman–Crippen MR) is 247 cm³/mol. The lowest BCUT2D eigenvalue weighted by Crippen LogP contribution is -2.12. The quantitative estimate of drug-likeness (QED) is 0.165. The molecule has 0 fully saturated rings. The third-order valence-electron chi connectivity index (χ3n) is 13.0. The number of fused-ring (bicyclic) bond motifs is 18. The van der Waals surface area contributed by atoms with E-state index in [0.717, 1.165) is 93.1 Å². The molecule has 0 bridgehead atoms. The molecule has 4 nitrogen and oxygen atoms in total. The maximum absolute atomic E-state index is 14.0. The van der Waals surface area contributed by atoms with Crippen LogP contribution in [-0.4, -0.2) is 8.97 Å². The van der Waals surface area contributed by atoms with Crippen molar-refractivity contribution < 1.29 is 4.42 Å². The molecule has 0 aliphatic carbocycles. The Morgan fingerprint density at radius 1 is 0.356 bits per heavy atom. The van der Waals surface area contributed by atoms with Crippen molar-refractivity contribution in [3.8, 4) is 16.8 Å². The van der Waals surface area contributed by atoms with Crippen LogP contribution in [0.5, 0.6) is 0 Å². The Labute approximate surface area is 335 Å². The van der Waals surface area contributed by atoms with Crippen molar-refractivity contribution >= 4 is 114 Å². The molecule has 0 saturated carbocycles. The van der Waals surface area contributed by atoms with Gasteiger partial charge in [-0.25, -0.2) is 0 Å². The van der Waals surface area contributed by atoms with E-state index in [1.807, 2.05) is 28.7 Å². The van der Waals surface area contributed by atoms with Crippen molar-refractivity contribution in [3.05, 3.63) is 192 Å². The second-order valence-corrected chi connectivity index (χ2v) is 15.9. The van der Waals surface area contributed by atoms with Gasteiger partial charge in [-0.05, 0) is 109 Å². The zero-order valence-corrected chi connectivity index (χ0v) is 31.5. The Kier molecular flexibility index (Phi) is 5.88. The molecular weight excluding hydrogens is 721 g/mol. The number of hydrogen-bond acceptors (Lipinski definition) is 2. The highest BCUT2D eigenvalue weighted by Gasteiger charge is 2.21. The molecule has 272 valence electrons. The molecule has 59 heavy (non-hydrogen) atoms. The van der Waals surface area contributed by atoms with Gasteiger partial charge in [-0.3, -0.25) is 9.20 Å². The lowest BCUT2D eigenvalue weighted by molar-refractivity contribution is 0.673. The monoisotopic (exact) mass is 750 g/mol. The zero-order valence-electron chi connectivity index (χ0n) is 31.5.